The highest BCUT2D eigenvalue weighted by molar-refractivity contribution is 8.00. The van der Waals surface area contributed by atoms with Crippen LogP contribution in [0.4, 0.5) is 4.39 Å². The van der Waals surface area contributed by atoms with E-state index in [1.807, 2.05) is 11.8 Å². The molecular formula is C17H18FNOS. The molecule has 0 aromatic heterocycles. The molecular weight excluding hydrogens is 285 g/mol. The molecule has 4 heteroatoms. The van der Waals surface area contributed by atoms with Crippen LogP contribution in [0.3, 0.4) is 0 Å². The van der Waals surface area contributed by atoms with Crippen LogP contribution < -0.4 is 10.5 Å². The third-order valence-corrected chi connectivity index (χ3v) is 4.90. The van der Waals surface area contributed by atoms with Gasteiger partial charge in [0.15, 0.2) is 0 Å². The molecule has 0 fully saturated rings. The highest BCUT2D eigenvalue weighted by atomic mass is 32.2. The molecule has 2 aromatic rings. The van der Waals surface area contributed by atoms with E-state index in [0.717, 1.165) is 6.42 Å². The van der Waals surface area contributed by atoms with E-state index in [2.05, 4.69) is 24.3 Å². The summed E-state index contributed by atoms with van der Waals surface area (Å²) in [5.74, 6) is 0.262. The monoisotopic (exact) mass is 303 g/mol. The number of fused-ring (bicyclic) bond motifs is 1. The number of halogens is 1. The molecule has 0 bridgehead atoms. The van der Waals surface area contributed by atoms with Crippen LogP contribution in [0.5, 0.6) is 5.75 Å². The van der Waals surface area contributed by atoms with Crippen molar-refractivity contribution in [3.8, 4) is 5.75 Å². The van der Waals surface area contributed by atoms with Crippen molar-refractivity contribution in [3.63, 3.8) is 0 Å². The molecule has 0 aliphatic carbocycles. The highest BCUT2D eigenvalue weighted by Gasteiger charge is 2.22. The van der Waals surface area contributed by atoms with E-state index >= 15 is 0 Å². The summed E-state index contributed by atoms with van der Waals surface area (Å²) in [6.45, 7) is 2.35. The fourth-order valence-electron chi connectivity index (χ4n) is 2.50. The number of thioether (sulfide) groups is 1. The first-order valence-electron chi connectivity index (χ1n) is 7.06. The van der Waals surface area contributed by atoms with Crippen LogP contribution in [0, 0.1) is 5.82 Å². The molecule has 0 amide bonds. The van der Waals surface area contributed by atoms with Gasteiger partial charge < -0.3 is 10.5 Å². The first-order chi connectivity index (χ1) is 10.1. The van der Waals surface area contributed by atoms with Gasteiger partial charge >= 0.3 is 0 Å². The zero-order valence-corrected chi connectivity index (χ0v) is 12.7. The second kappa shape index (κ2) is 6.08. The molecule has 0 radical (unpaired) electrons. The summed E-state index contributed by atoms with van der Waals surface area (Å²) in [5, 5.41) is 0.388. The van der Waals surface area contributed by atoms with Gasteiger partial charge in [0.2, 0.25) is 0 Å². The third kappa shape index (κ3) is 3.22. The molecule has 0 spiro atoms. The Morgan fingerprint density at radius 3 is 2.86 bits per heavy atom. The number of ether oxygens (including phenoxy) is 1. The van der Waals surface area contributed by atoms with Gasteiger partial charge in [0.1, 0.15) is 18.2 Å². The average molecular weight is 303 g/mol. The second-order valence-corrected chi connectivity index (χ2v) is 6.68. The van der Waals surface area contributed by atoms with Crippen LogP contribution in [-0.4, -0.2) is 11.9 Å². The number of hydrogen-bond donors (Lipinski definition) is 1. The minimum absolute atomic E-state index is 0.301. The number of rotatable bonds is 4. The van der Waals surface area contributed by atoms with Gasteiger partial charge in [0, 0.05) is 27.8 Å². The Kier molecular flexibility index (Phi) is 4.17. The maximum atomic E-state index is 13.9. The SMILES string of the molecule is C[C@@H](N)c1ccc(OCC2Cc3ccccc3S2)cc1F. The van der Waals surface area contributed by atoms with Crippen molar-refractivity contribution < 1.29 is 9.13 Å². The van der Waals surface area contributed by atoms with Crippen molar-refractivity contribution in [1.29, 1.82) is 0 Å². The van der Waals surface area contributed by atoms with Crippen LogP contribution >= 0.6 is 11.8 Å². The molecule has 110 valence electrons. The lowest BCUT2D eigenvalue weighted by atomic mass is 10.1. The largest absolute Gasteiger partial charge is 0.492 e. The van der Waals surface area contributed by atoms with Gasteiger partial charge in [-0.25, -0.2) is 4.39 Å². The van der Waals surface area contributed by atoms with Crippen molar-refractivity contribution in [2.75, 3.05) is 6.61 Å². The minimum atomic E-state index is -0.307. The Morgan fingerprint density at radius 1 is 1.33 bits per heavy atom. The van der Waals surface area contributed by atoms with Crippen molar-refractivity contribution in [3.05, 3.63) is 59.4 Å². The first kappa shape index (κ1) is 14.4. The maximum absolute atomic E-state index is 13.9. The van der Waals surface area contributed by atoms with Crippen molar-refractivity contribution in [1.82, 2.24) is 0 Å². The molecule has 1 heterocycles. The molecule has 1 aliphatic rings. The fraction of sp³-hybridized carbons (Fsp3) is 0.294. The third-order valence-electron chi connectivity index (χ3n) is 3.61. The Morgan fingerprint density at radius 2 is 2.14 bits per heavy atom. The summed E-state index contributed by atoms with van der Waals surface area (Å²) in [7, 11) is 0. The maximum Gasteiger partial charge on any atom is 0.131 e. The summed E-state index contributed by atoms with van der Waals surface area (Å²) in [5.41, 5.74) is 7.59. The van der Waals surface area contributed by atoms with E-state index in [1.165, 1.54) is 16.5 Å². The van der Waals surface area contributed by atoms with E-state index in [0.29, 0.717) is 23.2 Å². The highest BCUT2D eigenvalue weighted by Crippen LogP contribution is 2.37. The van der Waals surface area contributed by atoms with Gasteiger partial charge in [-0.05, 0) is 31.0 Å². The standard InChI is InChI=1S/C17H18FNOS/c1-11(19)15-7-6-13(9-16(15)18)20-10-14-8-12-4-2-3-5-17(12)21-14/h2-7,9,11,14H,8,10,19H2,1H3/t11-,14?/m1/s1. The van der Waals surface area contributed by atoms with Gasteiger partial charge in [-0.1, -0.05) is 24.3 Å². The van der Waals surface area contributed by atoms with Gasteiger partial charge in [-0.2, -0.15) is 0 Å². The van der Waals surface area contributed by atoms with Crippen LogP contribution in [0.2, 0.25) is 0 Å². The molecule has 2 atom stereocenters. The van der Waals surface area contributed by atoms with E-state index in [4.69, 9.17) is 10.5 Å². The predicted octanol–water partition coefficient (Wildman–Crippen LogP) is 3.94. The van der Waals surface area contributed by atoms with Gasteiger partial charge in [0.25, 0.3) is 0 Å². The Hall–Kier alpha value is -1.52. The zero-order chi connectivity index (χ0) is 14.8. The molecule has 2 aromatic carbocycles. The van der Waals surface area contributed by atoms with E-state index in [1.54, 1.807) is 19.1 Å². The molecule has 2 nitrogen and oxygen atoms in total. The van der Waals surface area contributed by atoms with E-state index < -0.39 is 0 Å². The molecule has 0 saturated heterocycles. The Balaban J connectivity index is 1.61. The van der Waals surface area contributed by atoms with Gasteiger partial charge in [-0.15, -0.1) is 11.8 Å². The molecule has 1 unspecified atom stereocenters. The van der Waals surface area contributed by atoms with Crippen molar-refractivity contribution >= 4 is 11.8 Å². The smallest absolute Gasteiger partial charge is 0.131 e. The Bertz CT molecular complexity index is 619. The minimum Gasteiger partial charge on any atom is -0.492 e. The predicted molar refractivity (Wildman–Crippen MR) is 84.3 cm³/mol. The second-order valence-electron chi connectivity index (χ2n) is 5.33. The molecule has 2 N–H and O–H groups in total. The van der Waals surface area contributed by atoms with Crippen LogP contribution in [0.25, 0.3) is 0 Å². The van der Waals surface area contributed by atoms with Crippen molar-refractivity contribution in [2.24, 2.45) is 5.73 Å². The summed E-state index contributed by atoms with van der Waals surface area (Å²) < 4.78 is 19.6. The lowest BCUT2D eigenvalue weighted by Gasteiger charge is -2.13. The zero-order valence-electron chi connectivity index (χ0n) is 11.9. The topological polar surface area (TPSA) is 35.2 Å². The quantitative estimate of drug-likeness (QED) is 0.929. The number of hydrogen-bond acceptors (Lipinski definition) is 3. The van der Waals surface area contributed by atoms with Crippen molar-refractivity contribution in [2.45, 2.75) is 29.5 Å². The molecule has 0 saturated carbocycles. The van der Waals surface area contributed by atoms with E-state index in [-0.39, 0.29) is 11.9 Å². The summed E-state index contributed by atoms with van der Waals surface area (Å²) in [4.78, 5) is 1.32. The number of benzene rings is 2. The van der Waals surface area contributed by atoms with Crippen LogP contribution in [0.15, 0.2) is 47.4 Å². The molecule has 1 aliphatic heterocycles. The lowest BCUT2D eigenvalue weighted by Crippen LogP contribution is -2.14. The molecule has 3 rings (SSSR count). The lowest BCUT2D eigenvalue weighted by molar-refractivity contribution is 0.315. The summed E-state index contributed by atoms with van der Waals surface area (Å²) in [6.07, 6.45) is 1.00. The van der Waals surface area contributed by atoms with E-state index in [9.17, 15) is 4.39 Å². The normalized spacial score (nSPS) is 18.3. The number of nitrogens with two attached hydrogens (primary N) is 1. The average Bonchev–Trinajstić information content (AvgIpc) is 2.87. The van der Waals surface area contributed by atoms with Gasteiger partial charge in [0.05, 0.1) is 0 Å². The fourth-order valence-corrected chi connectivity index (χ4v) is 3.72. The van der Waals surface area contributed by atoms with Crippen LogP contribution in [-0.2, 0) is 6.42 Å². The summed E-state index contributed by atoms with van der Waals surface area (Å²) in [6, 6.07) is 13.0. The molecule has 21 heavy (non-hydrogen) atoms. The first-order valence-corrected chi connectivity index (χ1v) is 7.94. The Labute approximate surface area is 128 Å². The van der Waals surface area contributed by atoms with Crippen LogP contribution in [0.1, 0.15) is 24.1 Å². The summed E-state index contributed by atoms with van der Waals surface area (Å²) >= 11 is 1.83. The van der Waals surface area contributed by atoms with Gasteiger partial charge in [-0.3, -0.25) is 0 Å².